The van der Waals surface area contributed by atoms with E-state index in [1.807, 2.05) is 24.3 Å². The fourth-order valence-corrected chi connectivity index (χ4v) is 7.31. The molecule has 0 N–H and O–H groups in total. The lowest BCUT2D eigenvalue weighted by Crippen LogP contribution is -2.21. The highest BCUT2D eigenvalue weighted by molar-refractivity contribution is 7.91. The van der Waals surface area contributed by atoms with Crippen molar-refractivity contribution in [2.75, 3.05) is 0 Å². The van der Waals surface area contributed by atoms with E-state index in [-0.39, 0.29) is 31.9 Å². The van der Waals surface area contributed by atoms with E-state index in [9.17, 15) is 8.42 Å². The van der Waals surface area contributed by atoms with Crippen LogP contribution in [-0.4, -0.2) is 8.42 Å². The summed E-state index contributed by atoms with van der Waals surface area (Å²) >= 11 is 12.6. The van der Waals surface area contributed by atoms with Crippen molar-refractivity contribution in [2.24, 2.45) is 0 Å². The van der Waals surface area contributed by atoms with Crippen molar-refractivity contribution in [1.82, 2.24) is 0 Å². The van der Waals surface area contributed by atoms with Crippen LogP contribution in [0.4, 0.5) is 0 Å². The fourth-order valence-electron chi connectivity index (χ4n) is 5.31. The van der Waals surface area contributed by atoms with Crippen LogP contribution in [0, 0.1) is 0 Å². The molecule has 0 bridgehead atoms. The first-order chi connectivity index (χ1) is 20.0. The molecule has 0 spiro atoms. The molecule has 0 fully saturated rings. The van der Waals surface area contributed by atoms with E-state index < -0.39 is 9.84 Å². The van der Waals surface area contributed by atoms with Gasteiger partial charge in [0.05, 0.1) is 9.79 Å². The number of halogens is 2. The number of hydrogen-bond donors (Lipinski definition) is 0. The molecule has 43 heavy (non-hydrogen) atoms. The zero-order valence-electron chi connectivity index (χ0n) is 26.4. The van der Waals surface area contributed by atoms with Crippen LogP contribution in [0.2, 0.25) is 0 Å². The Bertz CT molecular complexity index is 1690. The molecule has 0 heterocycles. The maximum Gasteiger partial charge on any atom is 0.206 e. The van der Waals surface area contributed by atoms with Gasteiger partial charge in [-0.05, 0) is 86.7 Å². The Balaban J connectivity index is 1.56. The predicted octanol–water partition coefficient (Wildman–Crippen LogP) is 10.7. The van der Waals surface area contributed by atoms with Gasteiger partial charge in [-0.15, -0.1) is 23.2 Å². The van der Waals surface area contributed by atoms with Gasteiger partial charge < -0.3 is 4.74 Å². The van der Waals surface area contributed by atoms with E-state index in [0.29, 0.717) is 22.9 Å². The van der Waals surface area contributed by atoms with Gasteiger partial charge in [-0.1, -0.05) is 97.9 Å². The van der Waals surface area contributed by atoms with Crippen molar-refractivity contribution in [2.45, 2.75) is 93.2 Å². The van der Waals surface area contributed by atoms with Crippen LogP contribution in [0.15, 0.2) is 94.7 Å². The minimum Gasteiger partial charge on any atom is -0.457 e. The molecule has 0 radical (unpaired) electrons. The van der Waals surface area contributed by atoms with E-state index >= 15 is 0 Å². The van der Waals surface area contributed by atoms with E-state index in [0.717, 1.165) is 16.7 Å². The minimum absolute atomic E-state index is 0.0231. The summed E-state index contributed by atoms with van der Waals surface area (Å²) in [6, 6.07) is 26.6. The Morgan fingerprint density at radius 3 is 1.65 bits per heavy atom. The molecule has 0 aliphatic heterocycles. The zero-order chi connectivity index (χ0) is 31.8. The maximum absolute atomic E-state index is 13.5. The lowest BCUT2D eigenvalue weighted by atomic mass is 9.75. The zero-order valence-corrected chi connectivity index (χ0v) is 28.7. The van der Waals surface area contributed by atoms with Gasteiger partial charge in [-0.3, -0.25) is 0 Å². The third-order valence-corrected chi connectivity index (χ3v) is 10.5. The Labute approximate surface area is 268 Å². The molecule has 0 aliphatic rings. The Morgan fingerprint density at radius 1 is 0.581 bits per heavy atom. The van der Waals surface area contributed by atoms with Crippen LogP contribution in [0.1, 0.15) is 88.8 Å². The van der Waals surface area contributed by atoms with Gasteiger partial charge in [0.15, 0.2) is 0 Å². The first-order valence-corrected chi connectivity index (χ1v) is 17.1. The number of ether oxygens (including phenoxy) is 1. The molecule has 4 aromatic rings. The summed E-state index contributed by atoms with van der Waals surface area (Å²) in [5.41, 5.74) is 6.03. The molecular formula is C37H42Cl2O3S. The molecule has 6 heteroatoms. The third-order valence-electron chi connectivity index (χ3n) is 8.09. The van der Waals surface area contributed by atoms with Gasteiger partial charge in [0.2, 0.25) is 9.84 Å². The van der Waals surface area contributed by atoms with Crippen molar-refractivity contribution in [3.05, 3.63) is 118 Å². The van der Waals surface area contributed by atoms with E-state index in [1.165, 1.54) is 11.1 Å². The topological polar surface area (TPSA) is 43.4 Å². The number of alkyl halides is 2. The monoisotopic (exact) mass is 636 g/mol. The normalized spacial score (nSPS) is 12.8. The van der Waals surface area contributed by atoms with Gasteiger partial charge in [0, 0.05) is 17.2 Å². The average molecular weight is 638 g/mol. The molecule has 0 saturated heterocycles. The molecule has 0 aromatic heterocycles. The predicted molar refractivity (Wildman–Crippen MR) is 180 cm³/mol. The summed E-state index contributed by atoms with van der Waals surface area (Å²) < 4.78 is 33.1. The van der Waals surface area contributed by atoms with Crippen LogP contribution in [0.25, 0.3) is 0 Å². The molecule has 4 aromatic carbocycles. The van der Waals surface area contributed by atoms with Gasteiger partial charge in [-0.25, -0.2) is 8.42 Å². The van der Waals surface area contributed by atoms with Gasteiger partial charge in [0.25, 0.3) is 0 Å². The second-order valence-corrected chi connectivity index (χ2v) is 16.1. The summed E-state index contributed by atoms with van der Waals surface area (Å²) in [4.78, 5) is 0.425. The Hall–Kier alpha value is -2.79. The molecule has 0 saturated carbocycles. The number of rotatable bonds is 8. The highest BCUT2D eigenvalue weighted by Crippen LogP contribution is 2.37. The highest BCUT2D eigenvalue weighted by atomic mass is 35.5. The van der Waals surface area contributed by atoms with Crippen molar-refractivity contribution in [3.8, 4) is 11.5 Å². The molecular weight excluding hydrogens is 595 g/mol. The minimum atomic E-state index is -3.75. The Morgan fingerprint density at radius 2 is 1.12 bits per heavy atom. The van der Waals surface area contributed by atoms with Crippen LogP contribution in [0.3, 0.4) is 0 Å². The molecule has 228 valence electrons. The lowest BCUT2D eigenvalue weighted by Gasteiger charge is -2.29. The van der Waals surface area contributed by atoms with Crippen LogP contribution in [-0.2, 0) is 37.8 Å². The largest absolute Gasteiger partial charge is 0.457 e. The van der Waals surface area contributed by atoms with Crippen molar-refractivity contribution in [1.29, 1.82) is 0 Å². The highest BCUT2D eigenvalue weighted by Gasteiger charge is 2.27. The number of benzene rings is 4. The molecule has 0 aliphatic carbocycles. The summed E-state index contributed by atoms with van der Waals surface area (Å²) in [5.74, 6) is 1.68. The van der Waals surface area contributed by atoms with Gasteiger partial charge in [-0.2, -0.15) is 0 Å². The molecule has 3 nitrogen and oxygen atoms in total. The fraction of sp³-hybridized carbons (Fsp3) is 0.351. The summed E-state index contributed by atoms with van der Waals surface area (Å²) in [5, 5.41) is 0. The van der Waals surface area contributed by atoms with Gasteiger partial charge in [0.1, 0.15) is 11.5 Å². The van der Waals surface area contributed by atoms with Crippen LogP contribution in [0.5, 0.6) is 11.5 Å². The number of hydrogen-bond acceptors (Lipinski definition) is 3. The first kappa shape index (κ1) is 33.1. The summed E-state index contributed by atoms with van der Waals surface area (Å²) in [6.07, 6.45) is 0. The second-order valence-electron chi connectivity index (χ2n) is 13.7. The number of sulfone groups is 1. The van der Waals surface area contributed by atoms with E-state index in [1.54, 1.807) is 30.3 Å². The smallest absolute Gasteiger partial charge is 0.206 e. The Kier molecular flexibility index (Phi) is 9.47. The molecule has 0 atom stereocenters. The standard InChI is InChI=1S/C37H42Cl2O3S/c1-35(2,3)27-11-17-32(18-12-27)43(40,41)34-20-16-31(22-26(34)24-39)42-30-14-9-28(10-15-30)37(7,8)29-13-19-33(36(4,5)6)25(21-29)23-38/h9-22H,23-24H2,1-8H3. The summed E-state index contributed by atoms with van der Waals surface area (Å²) in [6.45, 7) is 17.3. The average Bonchev–Trinajstić information content (AvgIpc) is 2.96. The van der Waals surface area contributed by atoms with E-state index in [4.69, 9.17) is 27.9 Å². The van der Waals surface area contributed by atoms with Crippen molar-refractivity contribution >= 4 is 33.0 Å². The molecule has 0 unspecified atom stereocenters. The molecule has 0 amide bonds. The molecule has 4 rings (SSSR count). The van der Waals surface area contributed by atoms with E-state index in [2.05, 4.69) is 85.7 Å². The van der Waals surface area contributed by atoms with Crippen molar-refractivity contribution < 1.29 is 13.2 Å². The lowest BCUT2D eigenvalue weighted by molar-refractivity contribution is 0.480. The maximum atomic E-state index is 13.5. The summed E-state index contributed by atoms with van der Waals surface area (Å²) in [7, 11) is -3.75. The second kappa shape index (κ2) is 12.3. The third kappa shape index (κ3) is 7.14. The van der Waals surface area contributed by atoms with Crippen LogP contribution >= 0.6 is 23.2 Å². The van der Waals surface area contributed by atoms with Crippen molar-refractivity contribution in [3.63, 3.8) is 0 Å². The van der Waals surface area contributed by atoms with Gasteiger partial charge >= 0.3 is 0 Å². The SMILES string of the molecule is CC(C)(C)c1ccc(S(=O)(=O)c2ccc(Oc3ccc(C(C)(C)c4ccc(C(C)(C)C)c(CCl)c4)cc3)cc2CCl)cc1. The quantitative estimate of drug-likeness (QED) is 0.181. The van der Waals surface area contributed by atoms with Crippen LogP contribution < -0.4 is 4.74 Å². The first-order valence-electron chi connectivity index (χ1n) is 14.5.